The molecule has 0 aliphatic rings. The van der Waals surface area contributed by atoms with Crippen molar-refractivity contribution in [1.29, 1.82) is 5.26 Å². The van der Waals surface area contributed by atoms with Crippen molar-refractivity contribution in [2.75, 3.05) is 17.2 Å². The largest absolute Gasteiger partial charge is 0.298 e. The second kappa shape index (κ2) is 8.27. The van der Waals surface area contributed by atoms with Crippen molar-refractivity contribution in [1.82, 2.24) is 15.2 Å². The number of nitrogens with one attached hydrogen (secondary N) is 1. The summed E-state index contributed by atoms with van der Waals surface area (Å²) >= 11 is 1.12. The normalized spacial score (nSPS) is 10.3. The van der Waals surface area contributed by atoms with Crippen LogP contribution in [0.3, 0.4) is 0 Å². The lowest BCUT2D eigenvalue weighted by Gasteiger charge is -2.19. The predicted octanol–water partition coefficient (Wildman–Crippen LogP) is 3.26. The Hall–Kier alpha value is -3.18. The van der Waals surface area contributed by atoms with Crippen LogP contribution in [0.4, 0.5) is 10.1 Å². The summed E-state index contributed by atoms with van der Waals surface area (Å²) in [6, 6.07) is 17.2. The number of nitrogens with zero attached hydrogens (tertiary/aromatic N) is 4. The molecule has 8 heteroatoms. The molecule has 0 bridgehead atoms. The highest BCUT2D eigenvalue weighted by Crippen LogP contribution is 2.22. The van der Waals surface area contributed by atoms with Gasteiger partial charge in [-0.05, 0) is 24.3 Å². The minimum Gasteiger partial charge on any atom is -0.298 e. The fraction of sp³-hybridized carbons (Fsp3) is 0.111. The molecule has 0 spiro atoms. The zero-order valence-electron chi connectivity index (χ0n) is 13.6. The lowest BCUT2D eigenvalue weighted by molar-refractivity contribution is -0.116. The molecule has 26 heavy (non-hydrogen) atoms. The summed E-state index contributed by atoms with van der Waals surface area (Å²) in [6.07, 6.45) is 0. The monoisotopic (exact) mass is 367 g/mol. The Morgan fingerprint density at radius 3 is 2.65 bits per heavy atom. The highest BCUT2D eigenvalue weighted by molar-refractivity contribution is 7.99. The number of para-hydroxylation sites is 1. The van der Waals surface area contributed by atoms with Gasteiger partial charge in [-0.25, -0.2) is 9.37 Å². The first-order valence-electron chi connectivity index (χ1n) is 7.71. The minimum absolute atomic E-state index is 0.0438. The van der Waals surface area contributed by atoms with Crippen LogP contribution in [-0.2, 0) is 4.79 Å². The van der Waals surface area contributed by atoms with Crippen LogP contribution in [0.1, 0.15) is 0 Å². The van der Waals surface area contributed by atoms with E-state index in [-0.39, 0.29) is 18.2 Å². The first-order chi connectivity index (χ1) is 12.7. The topological polar surface area (TPSA) is 85.7 Å². The molecule has 1 N–H and O–H groups in total. The molecule has 0 saturated heterocycles. The van der Waals surface area contributed by atoms with Gasteiger partial charge in [0.25, 0.3) is 0 Å². The number of carbonyl (C=O) groups excluding carboxylic acids is 1. The Balaban J connectivity index is 1.68. The van der Waals surface area contributed by atoms with Crippen LogP contribution >= 0.6 is 11.8 Å². The lowest BCUT2D eigenvalue weighted by Crippen LogP contribution is -2.32. The average molecular weight is 367 g/mol. The number of benzene rings is 2. The summed E-state index contributed by atoms with van der Waals surface area (Å²) in [5.41, 5.74) is 0.968. The zero-order chi connectivity index (χ0) is 18.4. The first-order valence-corrected chi connectivity index (χ1v) is 8.70. The average Bonchev–Trinajstić information content (AvgIpc) is 3.14. The molecule has 0 unspecified atom stereocenters. The number of aromatic amines is 1. The number of aromatic nitrogens is 3. The molecule has 130 valence electrons. The van der Waals surface area contributed by atoms with Crippen LogP contribution in [0.2, 0.25) is 0 Å². The third kappa shape index (κ3) is 4.07. The van der Waals surface area contributed by atoms with E-state index in [1.54, 1.807) is 42.5 Å². The fourth-order valence-corrected chi connectivity index (χ4v) is 2.97. The number of halogens is 1. The summed E-state index contributed by atoms with van der Waals surface area (Å²) in [5, 5.41) is 16.0. The number of H-pyrrole nitrogens is 1. The van der Waals surface area contributed by atoms with E-state index in [0.717, 1.165) is 11.8 Å². The van der Waals surface area contributed by atoms with E-state index >= 15 is 0 Å². The van der Waals surface area contributed by atoms with Gasteiger partial charge >= 0.3 is 0 Å². The fourth-order valence-electron chi connectivity index (χ4n) is 2.29. The molecule has 0 saturated carbocycles. The molecule has 0 atom stereocenters. The van der Waals surface area contributed by atoms with Crippen LogP contribution in [0.15, 0.2) is 59.8 Å². The van der Waals surface area contributed by atoms with Crippen molar-refractivity contribution in [3.05, 3.63) is 60.4 Å². The first kappa shape index (κ1) is 17.6. The third-order valence-corrected chi connectivity index (χ3v) is 4.35. The van der Waals surface area contributed by atoms with E-state index in [2.05, 4.69) is 15.2 Å². The summed E-state index contributed by atoms with van der Waals surface area (Å²) in [7, 11) is 0. The maximum atomic E-state index is 13.8. The van der Waals surface area contributed by atoms with Gasteiger partial charge in [0.05, 0.1) is 17.4 Å². The second-order valence-corrected chi connectivity index (χ2v) is 6.15. The van der Waals surface area contributed by atoms with Crippen molar-refractivity contribution in [3.8, 4) is 17.5 Å². The number of hydrogen-bond donors (Lipinski definition) is 1. The highest BCUT2D eigenvalue weighted by Gasteiger charge is 2.17. The van der Waals surface area contributed by atoms with E-state index in [1.807, 2.05) is 12.1 Å². The molecule has 3 rings (SSSR count). The van der Waals surface area contributed by atoms with Gasteiger partial charge < -0.3 is 0 Å². The molecule has 3 aromatic rings. The second-order valence-electron chi connectivity index (χ2n) is 5.21. The zero-order valence-corrected chi connectivity index (χ0v) is 14.4. The van der Waals surface area contributed by atoms with E-state index in [0.29, 0.717) is 22.2 Å². The number of rotatable bonds is 6. The summed E-state index contributed by atoms with van der Waals surface area (Å²) < 4.78 is 13.8. The highest BCUT2D eigenvalue weighted by atomic mass is 32.2. The van der Waals surface area contributed by atoms with Gasteiger partial charge in [0, 0.05) is 5.69 Å². The van der Waals surface area contributed by atoms with Crippen LogP contribution < -0.4 is 4.90 Å². The van der Waals surface area contributed by atoms with Crippen LogP contribution in [0.5, 0.6) is 0 Å². The quantitative estimate of drug-likeness (QED) is 0.534. The number of nitriles is 1. The predicted molar refractivity (Wildman–Crippen MR) is 96.9 cm³/mol. The maximum Gasteiger partial charge on any atom is 0.238 e. The number of hydrogen-bond acceptors (Lipinski definition) is 5. The van der Waals surface area contributed by atoms with Gasteiger partial charge in [-0.1, -0.05) is 42.1 Å². The summed E-state index contributed by atoms with van der Waals surface area (Å²) in [6.45, 7) is -0.0438. The molecular weight excluding hydrogens is 353 g/mol. The molecule has 0 radical (unpaired) electrons. The molecule has 0 aliphatic heterocycles. The van der Waals surface area contributed by atoms with Gasteiger partial charge in [0.15, 0.2) is 5.82 Å². The molecule has 1 heterocycles. The van der Waals surface area contributed by atoms with Gasteiger partial charge in [-0.15, -0.1) is 5.10 Å². The summed E-state index contributed by atoms with van der Waals surface area (Å²) in [5.74, 6) is -0.277. The Morgan fingerprint density at radius 2 is 1.92 bits per heavy atom. The number of thioether (sulfide) groups is 1. The van der Waals surface area contributed by atoms with E-state index in [9.17, 15) is 9.18 Å². The molecule has 1 amide bonds. The Morgan fingerprint density at radius 1 is 1.19 bits per heavy atom. The molecule has 0 aliphatic carbocycles. The maximum absolute atomic E-state index is 13.8. The van der Waals surface area contributed by atoms with Gasteiger partial charge in [-0.3, -0.25) is 14.8 Å². The van der Waals surface area contributed by atoms with Crippen LogP contribution in [-0.4, -0.2) is 33.4 Å². The number of amides is 1. The number of carbonyl (C=O) groups is 1. The Labute approximate surface area is 153 Å². The van der Waals surface area contributed by atoms with Gasteiger partial charge in [-0.2, -0.15) is 5.26 Å². The molecule has 1 aromatic heterocycles. The molecule has 0 fully saturated rings. The third-order valence-electron chi connectivity index (χ3n) is 3.52. The lowest BCUT2D eigenvalue weighted by atomic mass is 10.2. The van der Waals surface area contributed by atoms with Crippen LogP contribution in [0, 0.1) is 17.1 Å². The Bertz CT molecular complexity index is 938. The molecule has 2 aromatic carbocycles. The van der Waals surface area contributed by atoms with Crippen molar-refractivity contribution in [2.45, 2.75) is 5.16 Å². The van der Waals surface area contributed by atoms with E-state index in [4.69, 9.17) is 5.26 Å². The minimum atomic E-state index is -0.402. The van der Waals surface area contributed by atoms with Crippen molar-refractivity contribution in [3.63, 3.8) is 0 Å². The number of anilines is 1. The molecular formula is C18H14FN5OS. The van der Waals surface area contributed by atoms with Crippen molar-refractivity contribution in [2.24, 2.45) is 0 Å². The SMILES string of the molecule is N#CCN(C(=O)CSc1n[nH]c(-c2ccccc2F)n1)c1ccccc1. The van der Waals surface area contributed by atoms with Gasteiger partial charge in [0.1, 0.15) is 12.4 Å². The van der Waals surface area contributed by atoms with Crippen molar-refractivity contribution >= 4 is 23.4 Å². The van der Waals surface area contributed by atoms with E-state index < -0.39 is 5.82 Å². The van der Waals surface area contributed by atoms with Crippen molar-refractivity contribution < 1.29 is 9.18 Å². The van der Waals surface area contributed by atoms with E-state index in [1.165, 1.54) is 11.0 Å². The molecule has 6 nitrogen and oxygen atoms in total. The smallest absolute Gasteiger partial charge is 0.238 e. The van der Waals surface area contributed by atoms with Gasteiger partial charge in [0.2, 0.25) is 11.1 Å². The standard InChI is InChI=1S/C18H14FN5OS/c19-15-9-5-4-8-14(15)17-21-18(23-22-17)26-12-16(25)24(11-10-20)13-6-2-1-3-7-13/h1-9H,11-12H2,(H,21,22,23). The Kier molecular flexibility index (Phi) is 5.61. The van der Waals surface area contributed by atoms with Crippen LogP contribution in [0.25, 0.3) is 11.4 Å². The summed E-state index contributed by atoms with van der Waals surface area (Å²) in [4.78, 5) is 18.1.